The minimum atomic E-state index is -4.55. The van der Waals surface area contributed by atoms with Crippen molar-refractivity contribution in [2.24, 2.45) is 5.73 Å². The smallest absolute Gasteiger partial charge is 0.333 e. The lowest BCUT2D eigenvalue weighted by molar-refractivity contribution is -0.161. The summed E-state index contributed by atoms with van der Waals surface area (Å²) < 4.78 is 40.5. The highest BCUT2D eigenvalue weighted by molar-refractivity contribution is 6.04. The second-order valence-corrected chi connectivity index (χ2v) is 9.56. The van der Waals surface area contributed by atoms with Gasteiger partial charge in [0.2, 0.25) is 5.91 Å². The van der Waals surface area contributed by atoms with E-state index in [1.807, 2.05) is 36.4 Å². The van der Waals surface area contributed by atoms with E-state index in [1.54, 1.807) is 54.7 Å². The van der Waals surface area contributed by atoms with E-state index < -0.39 is 24.5 Å². The molecule has 3 aromatic carbocycles. The Kier molecular flexibility index (Phi) is 7.66. The van der Waals surface area contributed by atoms with Gasteiger partial charge in [-0.3, -0.25) is 9.59 Å². The molecule has 3 N–H and O–H groups in total. The molecule has 5 rings (SSSR count). The number of halogens is 3. The van der Waals surface area contributed by atoms with E-state index in [-0.39, 0.29) is 25.4 Å². The number of carbonyl (C=O) groups is 2. The maximum Gasteiger partial charge on any atom is 0.406 e. The lowest BCUT2D eigenvalue weighted by Gasteiger charge is -2.28. The van der Waals surface area contributed by atoms with Crippen LogP contribution in [0.3, 0.4) is 0 Å². The van der Waals surface area contributed by atoms with Gasteiger partial charge >= 0.3 is 6.18 Å². The van der Waals surface area contributed by atoms with Gasteiger partial charge in [-0.25, -0.2) is 4.98 Å². The molecule has 1 aliphatic rings. The Labute approximate surface area is 229 Å². The van der Waals surface area contributed by atoms with E-state index in [0.717, 1.165) is 16.0 Å². The second kappa shape index (κ2) is 11.3. The number of rotatable bonds is 8. The Hall–Kier alpha value is -4.50. The molecule has 0 saturated heterocycles. The number of fused-ring (bicyclic) bond motifs is 3. The van der Waals surface area contributed by atoms with Crippen molar-refractivity contribution in [1.82, 2.24) is 9.88 Å². The zero-order valence-corrected chi connectivity index (χ0v) is 21.5. The maximum absolute atomic E-state index is 13.9. The molecule has 0 spiro atoms. The molecular formula is C31H27F3N4O2. The molecule has 0 radical (unpaired) electrons. The van der Waals surface area contributed by atoms with Gasteiger partial charge in [0, 0.05) is 23.9 Å². The summed E-state index contributed by atoms with van der Waals surface area (Å²) in [6.45, 7) is -1.27. The van der Waals surface area contributed by atoms with E-state index >= 15 is 0 Å². The number of nitrogens with two attached hydrogens (primary N) is 1. The summed E-state index contributed by atoms with van der Waals surface area (Å²) >= 11 is 0. The summed E-state index contributed by atoms with van der Waals surface area (Å²) in [5.74, 6) is -1.49. The van der Waals surface area contributed by atoms with E-state index in [1.165, 1.54) is 0 Å². The Bertz CT molecular complexity index is 1520. The number of aromatic nitrogens is 1. The summed E-state index contributed by atoms with van der Waals surface area (Å²) in [5.41, 5.74) is 10.3. The van der Waals surface area contributed by atoms with Crippen LogP contribution < -0.4 is 11.1 Å². The van der Waals surface area contributed by atoms with Crippen LogP contribution in [0.5, 0.6) is 0 Å². The molecule has 0 saturated carbocycles. The van der Waals surface area contributed by atoms with Crippen molar-refractivity contribution in [1.29, 1.82) is 0 Å². The van der Waals surface area contributed by atoms with Gasteiger partial charge in [-0.1, -0.05) is 60.7 Å². The number of alkyl halides is 3. The first-order valence-corrected chi connectivity index (χ1v) is 12.9. The van der Waals surface area contributed by atoms with Crippen LogP contribution in [0.1, 0.15) is 33.8 Å². The average Bonchev–Trinajstić information content (AvgIpc) is 3.30. The van der Waals surface area contributed by atoms with Gasteiger partial charge in [0.1, 0.15) is 12.4 Å². The number of hydrogen-bond donors (Lipinski definition) is 2. The molecule has 40 heavy (non-hydrogen) atoms. The SMILES string of the molecule is NCCCN(CC(F)(F)F)C(=O)C1c2ccccc2-c2cccc(-c3ccc(NC(=O)c4ccccc4)nc3)c21. The molecule has 1 aliphatic carbocycles. The zero-order chi connectivity index (χ0) is 28.3. The lowest BCUT2D eigenvalue weighted by atomic mass is 9.89. The van der Waals surface area contributed by atoms with Crippen LogP contribution in [-0.2, 0) is 4.79 Å². The third-order valence-corrected chi connectivity index (χ3v) is 6.87. The standard InChI is InChI=1S/C31H27F3N4O2/c32-31(33,34)19-38(17-7-16-35)30(40)28-25-11-5-4-10-23(25)24-13-6-12-22(27(24)28)21-14-15-26(36-18-21)37-29(39)20-8-2-1-3-9-20/h1-6,8-15,18,28H,7,16-17,19,35H2,(H,36,37,39). The summed E-state index contributed by atoms with van der Waals surface area (Å²) in [4.78, 5) is 31.7. The van der Waals surface area contributed by atoms with Crippen LogP contribution in [-0.4, -0.2) is 47.5 Å². The third-order valence-electron chi connectivity index (χ3n) is 6.87. The van der Waals surface area contributed by atoms with Gasteiger partial charge < -0.3 is 16.0 Å². The van der Waals surface area contributed by atoms with Gasteiger partial charge in [0.05, 0.1) is 5.92 Å². The van der Waals surface area contributed by atoms with Crippen molar-refractivity contribution in [3.8, 4) is 22.3 Å². The third kappa shape index (κ3) is 5.60. The van der Waals surface area contributed by atoms with Gasteiger partial charge in [-0.15, -0.1) is 0 Å². The Morgan fingerprint density at radius 2 is 1.57 bits per heavy atom. The lowest BCUT2D eigenvalue weighted by Crippen LogP contribution is -2.42. The van der Waals surface area contributed by atoms with Crippen LogP contribution in [0.4, 0.5) is 19.0 Å². The highest BCUT2D eigenvalue weighted by atomic mass is 19.4. The Morgan fingerprint density at radius 3 is 2.27 bits per heavy atom. The molecule has 1 unspecified atom stereocenters. The topological polar surface area (TPSA) is 88.3 Å². The highest BCUT2D eigenvalue weighted by Crippen LogP contribution is 2.49. The molecule has 4 aromatic rings. The zero-order valence-electron chi connectivity index (χ0n) is 21.5. The van der Waals surface area contributed by atoms with Gasteiger partial charge in [0.25, 0.3) is 5.91 Å². The van der Waals surface area contributed by atoms with E-state index in [0.29, 0.717) is 33.6 Å². The predicted molar refractivity (Wildman–Crippen MR) is 148 cm³/mol. The predicted octanol–water partition coefficient (Wildman–Crippen LogP) is 5.85. The van der Waals surface area contributed by atoms with Crippen LogP contribution in [0.2, 0.25) is 0 Å². The number of pyridine rings is 1. The number of amides is 2. The van der Waals surface area contributed by atoms with Gasteiger partial charge in [-0.05, 0) is 65.0 Å². The molecule has 1 aromatic heterocycles. The number of hydrogen-bond acceptors (Lipinski definition) is 4. The molecular weight excluding hydrogens is 517 g/mol. The first kappa shape index (κ1) is 27.1. The molecule has 2 amide bonds. The fraction of sp³-hybridized carbons (Fsp3) is 0.194. The Balaban J connectivity index is 1.51. The van der Waals surface area contributed by atoms with Crippen molar-refractivity contribution in [3.63, 3.8) is 0 Å². The van der Waals surface area contributed by atoms with Crippen molar-refractivity contribution < 1.29 is 22.8 Å². The van der Waals surface area contributed by atoms with E-state index in [9.17, 15) is 22.8 Å². The Morgan fingerprint density at radius 1 is 0.875 bits per heavy atom. The van der Waals surface area contributed by atoms with Crippen LogP contribution in [0.25, 0.3) is 22.3 Å². The highest BCUT2D eigenvalue weighted by Gasteiger charge is 2.41. The minimum Gasteiger partial charge on any atom is -0.333 e. The number of carbonyl (C=O) groups excluding carboxylic acids is 2. The largest absolute Gasteiger partial charge is 0.406 e. The molecule has 0 bridgehead atoms. The molecule has 204 valence electrons. The van der Waals surface area contributed by atoms with Crippen LogP contribution in [0, 0.1) is 0 Å². The van der Waals surface area contributed by atoms with E-state index in [4.69, 9.17) is 5.73 Å². The minimum absolute atomic E-state index is 0.0949. The number of anilines is 1. The summed E-state index contributed by atoms with van der Waals surface area (Å²) in [5, 5.41) is 2.76. The fourth-order valence-corrected chi connectivity index (χ4v) is 5.12. The first-order valence-electron chi connectivity index (χ1n) is 12.9. The van der Waals surface area contributed by atoms with Gasteiger partial charge in [0.15, 0.2) is 0 Å². The van der Waals surface area contributed by atoms with Crippen LogP contribution in [0.15, 0.2) is 91.1 Å². The number of nitrogens with zero attached hydrogens (tertiary/aromatic N) is 2. The van der Waals surface area contributed by atoms with Crippen molar-refractivity contribution in [2.45, 2.75) is 18.5 Å². The quantitative estimate of drug-likeness (QED) is 0.291. The molecule has 0 aliphatic heterocycles. The second-order valence-electron chi connectivity index (χ2n) is 9.56. The first-order chi connectivity index (χ1) is 19.3. The average molecular weight is 545 g/mol. The van der Waals surface area contributed by atoms with E-state index in [2.05, 4.69) is 10.3 Å². The molecule has 1 atom stereocenters. The summed E-state index contributed by atoms with van der Waals surface area (Å²) in [7, 11) is 0. The van der Waals surface area contributed by atoms with Crippen molar-refractivity contribution in [3.05, 3.63) is 108 Å². The fourth-order valence-electron chi connectivity index (χ4n) is 5.12. The van der Waals surface area contributed by atoms with Crippen molar-refractivity contribution >= 4 is 17.6 Å². The summed E-state index contributed by atoms with van der Waals surface area (Å²) in [6.07, 6.45) is -2.71. The monoisotopic (exact) mass is 544 g/mol. The summed E-state index contributed by atoms with van der Waals surface area (Å²) in [6, 6.07) is 25.0. The number of benzene rings is 3. The van der Waals surface area contributed by atoms with Crippen LogP contribution >= 0.6 is 0 Å². The van der Waals surface area contributed by atoms with Gasteiger partial charge in [-0.2, -0.15) is 13.2 Å². The van der Waals surface area contributed by atoms with Crippen molar-refractivity contribution in [2.75, 3.05) is 25.0 Å². The molecule has 6 nitrogen and oxygen atoms in total. The number of nitrogens with one attached hydrogen (secondary N) is 1. The molecule has 1 heterocycles. The maximum atomic E-state index is 13.9. The normalized spacial score (nSPS) is 13.8. The molecule has 9 heteroatoms. The molecule has 0 fully saturated rings.